The van der Waals surface area contributed by atoms with E-state index in [1.807, 2.05) is 16.7 Å². The number of hydrogen-bond acceptors (Lipinski definition) is 5. The summed E-state index contributed by atoms with van der Waals surface area (Å²) < 4.78 is 49.4. The van der Waals surface area contributed by atoms with Crippen LogP contribution in [0.25, 0.3) is 11.0 Å². The van der Waals surface area contributed by atoms with Gasteiger partial charge in [0.15, 0.2) is 0 Å². The van der Waals surface area contributed by atoms with Crippen LogP contribution in [0.3, 0.4) is 0 Å². The maximum absolute atomic E-state index is 12.8. The van der Waals surface area contributed by atoms with Crippen molar-refractivity contribution in [3.05, 3.63) is 59.4 Å². The van der Waals surface area contributed by atoms with E-state index in [1.54, 1.807) is 17.2 Å². The molecule has 2 aromatic heterocycles. The molecule has 36 heavy (non-hydrogen) atoms. The Labute approximate surface area is 205 Å². The van der Waals surface area contributed by atoms with E-state index in [9.17, 15) is 27.9 Å². The molecule has 1 aromatic carbocycles. The molecule has 1 aliphatic rings. The Bertz CT molecular complexity index is 1290. The van der Waals surface area contributed by atoms with Gasteiger partial charge >= 0.3 is 12.3 Å². The number of aromatic nitrogens is 2. The fourth-order valence-corrected chi connectivity index (χ4v) is 4.21. The number of carboxylic acids is 1. The maximum atomic E-state index is 12.8. The number of halogens is 3. The Kier molecular flexibility index (Phi) is 6.94. The minimum Gasteiger partial charge on any atom is -0.481 e. The number of pyridine rings is 1. The monoisotopic (exact) mass is 505 g/mol. The van der Waals surface area contributed by atoms with Crippen LogP contribution in [-0.2, 0) is 33.8 Å². The second-order valence-corrected chi connectivity index (χ2v) is 9.33. The summed E-state index contributed by atoms with van der Waals surface area (Å²) in [6.07, 6.45) is -2.56. The summed E-state index contributed by atoms with van der Waals surface area (Å²) in [4.78, 5) is 30.2. The van der Waals surface area contributed by atoms with E-state index < -0.39 is 17.7 Å². The highest BCUT2D eigenvalue weighted by molar-refractivity contribution is 5.84. The Morgan fingerprint density at radius 3 is 2.67 bits per heavy atom. The number of ether oxygens (including phenoxy) is 2. The van der Waals surface area contributed by atoms with Crippen molar-refractivity contribution in [3.63, 3.8) is 0 Å². The van der Waals surface area contributed by atoms with Crippen molar-refractivity contribution in [3.8, 4) is 5.75 Å². The van der Waals surface area contributed by atoms with Gasteiger partial charge in [-0.05, 0) is 55.7 Å². The standard InChI is InChI=1S/C25H26F3N3O5/c1-24(2,23(33)34)15-35-14-21(32)30-10-8-18-19-7-4-9-29-22(19)31(20(18)13-30)12-16-5-3-6-17(11-16)36-25(26,27)28/h3-7,9,11H,8,10,12-15H2,1-2H3,(H,33,34). The fraction of sp³-hybridized carbons (Fsp3) is 0.400. The first-order chi connectivity index (χ1) is 16.9. The number of hydrogen-bond donors (Lipinski definition) is 1. The highest BCUT2D eigenvalue weighted by atomic mass is 19.4. The molecular formula is C25H26F3N3O5. The SMILES string of the molecule is CC(C)(COCC(=O)N1CCc2c(n(Cc3cccc(OC(F)(F)F)c3)c3ncccc23)C1)C(=O)O. The van der Waals surface area contributed by atoms with Crippen LogP contribution in [0.4, 0.5) is 13.2 Å². The van der Waals surface area contributed by atoms with Crippen molar-refractivity contribution in [1.82, 2.24) is 14.5 Å². The molecule has 1 aliphatic heterocycles. The van der Waals surface area contributed by atoms with Crippen LogP contribution in [-0.4, -0.2) is 57.6 Å². The third-order valence-corrected chi connectivity index (χ3v) is 6.11. The van der Waals surface area contributed by atoms with Crippen LogP contribution in [0.5, 0.6) is 5.75 Å². The summed E-state index contributed by atoms with van der Waals surface area (Å²) >= 11 is 0. The van der Waals surface area contributed by atoms with Crippen molar-refractivity contribution in [2.45, 2.75) is 39.7 Å². The van der Waals surface area contributed by atoms with E-state index in [0.717, 1.165) is 16.6 Å². The second-order valence-electron chi connectivity index (χ2n) is 9.33. The van der Waals surface area contributed by atoms with Crippen LogP contribution in [0, 0.1) is 5.41 Å². The van der Waals surface area contributed by atoms with Crippen molar-refractivity contribution < 1.29 is 37.3 Å². The molecule has 1 N–H and O–H groups in total. The number of benzene rings is 1. The average Bonchev–Trinajstić information content (AvgIpc) is 3.11. The van der Waals surface area contributed by atoms with Gasteiger partial charge in [-0.3, -0.25) is 9.59 Å². The average molecular weight is 505 g/mol. The summed E-state index contributed by atoms with van der Waals surface area (Å²) in [6.45, 7) is 3.66. The van der Waals surface area contributed by atoms with Gasteiger partial charge in [-0.15, -0.1) is 13.2 Å². The predicted molar refractivity (Wildman–Crippen MR) is 123 cm³/mol. The van der Waals surface area contributed by atoms with Gasteiger partial charge in [0.1, 0.15) is 18.0 Å². The molecule has 4 rings (SSSR count). The lowest BCUT2D eigenvalue weighted by atomic mass is 9.95. The Morgan fingerprint density at radius 1 is 1.17 bits per heavy atom. The number of amides is 1. The van der Waals surface area contributed by atoms with Crippen LogP contribution < -0.4 is 4.74 Å². The topological polar surface area (TPSA) is 93.9 Å². The summed E-state index contributed by atoms with van der Waals surface area (Å²) in [5, 5.41) is 10.1. The number of carbonyl (C=O) groups excluding carboxylic acids is 1. The van der Waals surface area contributed by atoms with Crippen molar-refractivity contribution in [1.29, 1.82) is 0 Å². The molecule has 0 saturated heterocycles. The molecule has 0 aliphatic carbocycles. The van der Waals surface area contributed by atoms with Gasteiger partial charge in [0, 0.05) is 30.4 Å². The lowest BCUT2D eigenvalue weighted by Gasteiger charge is -2.29. The summed E-state index contributed by atoms with van der Waals surface area (Å²) in [5.74, 6) is -1.59. The predicted octanol–water partition coefficient (Wildman–Crippen LogP) is 4.00. The first-order valence-corrected chi connectivity index (χ1v) is 11.3. The van der Waals surface area contributed by atoms with Crippen LogP contribution in [0.1, 0.15) is 30.7 Å². The molecule has 0 radical (unpaired) electrons. The van der Waals surface area contributed by atoms with Gasteiger partial charge in [0.2, 0.25) is 5.91 Å². The number of nitrogens with zero attached hydrogens (tertiary/aromatic N) is 3. The van der Waals surface area contributed by atoms with Crippen LogP contribution >= 0.6 is 0 Å². The second kappa shape index (κ2) is 9.81. The first kappa shape index (κ1) is 25.5. The van der Waals surface area contributed by atoms with Crippen molar-refractivity contribution in [2.75, 3.05) is 19.8 Å². The molecule has 0 spiro atoms. The zero-order valence-corrected chi connectivity index (χ0v) is 19.8. The normalized spacial score (nSPS) is 14.1. The molecule has 0 saturated carbocycles. The van der Waals surface area contributed by atoms with Gasteiger partial charge in [-0.25, -0.2) is 4.98 Å². The Balaban J connectivity index is 1.56. The molecule has 3 heterocycles. The number of alkyl halides is 3. The first-order valence-electron chi connectivity index (χ1n) is 11.3. The minimum atomic E-state index is -4.79. The van der Waals surface area contributed by atoms with E-state index in [1.165, 1.54) is 32.0 Å². The zero-order valence-electron chi connectivity index (χ0n) is 19.8. The Hall–Kier alpha value is -3.60. The fourth-order valence-electron chi connectivity index (χ4n) is 4.21. The van der Waals surface area contributed by atoms with Gasteiger partial charge < -0.3 is 24.0 Å². The highest BCUT2D eigenvalue weighted by Gasteiger charge is 2.32. The van der Waals surface area contributed by atoms with Crippen molar-refractivity contribution in [2.24, 2.45) is 5.41 Å². The molecule has 0 fully saturated rings. The summed E-state index contributed by atoms with van der Waals surface area (Å²) in [6, 6.07) is 9.53. The van der Waals surface area contributed by atoms with Gasteiger partial charge in [0.05, 0.1) is 18.6 Å². The molecule has 3 aromatic rings. The van der Waals surface area contributed by atoms with E-state index in [0.29, 0.717) is 24.2 Å². The summed E-state index contributed by atoms with van der Waals surface area (Å²) in [7, 11) is 0. The number of rotatable bonds is 8. The van der Waals surface area contributed by atoms with E-state index in [-0.39, 0.29) is 38.0 Å². The molecule has 1 amide bonds. The maximum Gasteiger partial charge on any atom is 0.573 e. The van der Waals surface area contributed by atoms with Gasteiger partial charge in [-0.1, -0.05) is 12.1 Å². The third kappa shape index (κ3) is 5.62. The number of fused-ring (bicyclic) bond motifs is 3. The zero-order chi connectivity index (χ0) is 26.1. The van der Waals surface area contributed by atoms with E-state index in [4.69, 9.17) is 4.74 Å². The molecule has 192 valence electrons. The lowest BCUT2D eigenvalue weighted by Crippen LogP contribution is -2.40. The number of carbonyl (C=O) groups is 2. The quantitative estimate of drug-likeness (QED) is 0.498. The van der Waals surface area contributed by atoms with Crippen LogP contribution in [0.15, 0.2) is 42.6 Å². The highest BCUT2D eigenvalue weighted by Crippen LogP contribution is 2.31. The number of carboxylic acid groups (broad SMARTS) is 1. The largest absolute Gasteiger partial charge is 0.573 e. The van der Waals surface area contributed by atoms with E-state index in [2.05, 4.69) is 9.72 Å². The molecule has 0 bridgehead atoms. The third-order valence-electron chi connectivity index (χ3n) is 6.11. The van der Waals surface area contributed by atoms with Crippen LogP contribution in [0.2, 0.25) is 0 Å². The molecule has 8 nitrogen and oxygen atoms in total. The molecule has 0 unspecified atom stereocenters. The van der Waals surface area contributed by atoms with Gasteiger partial charge in [0.25, 0.3) is 0 Å². The van der Waals surface area contributed by atoms with E-state index >= 15 is 0 Å². The van der Waals surface area contributed by atoms with Gasteiger partial charge in [-0.2, -0.15) is 0 Å². The molecular weight excluding hydrogens is 479 g/mol. The smallest absolute Gasteiger partial charge is 0.481 e. The lowest BCUT2D eigenvalue weighted by molar-refractivity contribution is -0.274. The number of aliphatic carboxylic acids is 1. The molecule has 11 heteroatoms. The minimum absolute atomic E-state index is 0.103. The molecule has 0 atom stereocenters. The summed E-state index contributed by atoms with van der Waals surface area (Å²) in [5.41, 5.74) is 2.04. The van der Waals surface area contributed by atoms with Crippen molar-refractivity contribution >= 4 is 22.9 Å². The Morgan fingerprint density at radius 2 is 1.94 bits per heavy atom.